The second-order valence-electron chi connectivity index (χ2n) is 4.80. The number of anilines is 2. The normalized spacial score (nSPS) is 18.0. The predicted octanol–water partition coefficient (Wildman–Crippen LogP) is 0.287. The highest BCUT2D eigenvalue weighted by atomic mass is 16.6. The Balaban J connectivity index is 2.54. The first kappa shape index (κ1) is 13.1. The van der Waals surface area contributed by atoms with Crippen molar-refractivity contribution in [3.63, 3.8) is 0 Å². The van der Waals surface area contributed by atoms with Crippen molar-refractivity contribution in [2.45, 2.75) is 19.4 Å². The molecular formula is C11H15N5O3. The predicted molar refractivity (Wildman–Crippen MR) is 69.7 cm³/mol. The molecule has 1 fully saturated rings. The van der Waals surface area contributed by atoms with Crippen LogP contribution in [0, 0.1) is 10.1 Å². The van der Waals surface area contributed by atoms with Gasteiger partial charge in [0.1, 0.15) is 11.4 Å². The number of carbonyl (C=O) groups excluding carboxylic acids is 1. The van der Waals surface area contributed by atoms with Crippen LogP contribution >= 0.6 is 0 Å². The lowest BCUT2D eigenvalue weighted by molar-refractivity contribution is -0.384. The standard InChI is InChI=1S/C11H15N5O3/c1-11(2)10(17)13-5-6-15(11)9-7(16(18)19)3-4-8(12)14-9/h3-4H,5-6H2,1-2H3,(H2,12,14)(H,13,17). The topological polar surface area (TPSA) is 114 Å². The minimum absolute atomic E-state index is 0.129. The Kier molecular flexibility index (Phi) is 3.01. The average molecular weight is 265 g/mol. The molecule has 0 saturated carbocycles. The molecule has 0 aromatic carbocycles. The van der Waals surface area contributed by atoms with E-state index in [1.807, 2.05) is 0 Å². The van der Waals surface area contributed by atoms with Gasteiger partial charge in [0, 0.05) is 19.2 Å². The van der Waals surface area contributed by atoms with E-state index in [1.54, 1.807) is 18.7 Å². The summed E-state index contributed by atoms with van der Waals surface area (Å²) in [6.45, 7) is 4.23. The number of pyridine rings is 1. The fourth-order valence-electron chi connectivity index (χ4n) is 2.07. The van der Waals surface area contributed by atoms with Gasteiger partial charge in [0.15, 0.2) is 0 Å². The summed E-state index contributed by atoms with van der Waals surface area (Å²) in [5.74, 6) is 0.115. The van der Waals surface area contributed by atoms with E-state index in [0.717, 1.165) is 0 Å². The van der Waals surface area contributed by atoms with Gasteiger partial charge in [-0.3, -0.25) is 14.9 Å². The third-order valence-electron chi connectivity index (χ3n) is 3.18. The Morgan fingerprint density at radius 1 is 1.53 bits per heavy atom. The summed E-state index contributed by atoms with van der Waals surface area (Å²) in [5, 5.41) is 13.8. The van der Waals surface area contributed by atoms with Gasteiger partial charge in [0.25, 0.3) is 0 Å². The van der Waals surface area contributed by atoms with Crippen molar-refractivity contribution in [2.75, 3.05) is 23.7 Å². The molecule has 1 amide bonds. The van der Waals surface area contributed by atoms with Crippen molar-refractivity contribution in [2.24, 2.45) is 0 Å². The number of nitrogen functional groups attached to an aromatic ring is 1. The molecule has 3 N–H and O–H groups in total. The molecule has 19 heavy (non-hydrogen) atoms. The van der Waals surface area contributed by atoms with Gasteiger partial charge >= 0.3 is 5.69 Å². The second kappa shape index (κ2) is 4.38. The minimum atomic E-state index is -0.913. The molecule has 8 heteroatoms. The number of nitro groups is 1. The number of rotatable bonds is 2. The Hall–Kier alpha value is -2.38. The van der Waals surface area contributed by atoms with Gasteiger partial charge in [-0.15, -0.1) is 0 Å². The fourth-order valence-corrected chi connectivity index (χ4v) is 2.07. The number of hydrogen-bond donors (Lipinski definition) is 2. The highest BCUT2D eigenvalue weighted by molar-refractivity contribution is 5.90. The molecule has 1 aliphatic rings. The first-order chi connectivity index (χ1) is 8.84. The molecule has 2 rings (SSSR count). The Bertz CT molecular complexity index is 543. The molecule has 1 saturated heterocycles. The first-order valence-corrected chi connectivity index (χ1v) is 5.81. The van der Waals surface area contributed by atoms with E-state index in [4.69, 9.17) is 5.73 Å². The maximum Gasteiger partial charge on any atom is 0.311 e. The van der Waals surface area contributed by atoms with E-state index < -0.39 is 10.5 Å². The van der Waals surface area contributed by atoms with E-state index in [2.05, 4.69) is 10.3 Å². The molecule has 0 radical (unpaired) electrons. The smallest absolute Gasteiger partial charge is 0.311 e. The van der Waals surface area contributed by atoms with Crippen LogP contribution in [-0.4, -0.2) is 34.4 Å². The number of amides is 1. The van der Waals surface area contributed by atoms with Crippen LogP contribution in [0.4, 0.5) is 17.3 Å². The third kappa shape index (κ3) is 2.16. The van der Waals surface area contributed by atoms with Crippen LogP contribution in [-0.2, 0) is 4.79 Å². The second-order valence-corrected chi connectivity index (χ2v) is 4.80. The largest absolute Gasteiger partial charge is 0.384 e. The van der Waals surface area contributed by atoms with Crippen LogP contribution in [0.2, 0.25) is 0 Å². The number of piperazine rings is 1. The van der Waals surface area contributed by atoms with Crippen molar-refractivity contribution in [3.05, 3.63) is 22.2 Å². The van der Waals surface area contributed by atoms with Crippen LogP contribution in [0.15, 0.2) is 12.1 Å². The highest BCUT2D eigenvalue weighted by Crippen LogP contribution is 2.32. The molecule has 1 aliphatic heterocycles. The summed E-state index contributed by atoms with van der Waals surface area (Å²) in [5.41, 5.74) is 4.53. The fraction of sp³-hybridized carbons (Fsp3) is 0.455. The summed E-state index contributed by atoms with van der Waals surface area (Å²) in [4.78, 5) is 28.1. The molecular weight excluding hydrogens is 250 g/mol. The maximum absolute atomic E-state index is 11.9. The highest BCUT2D eigenvalue weighted by Gasteiger charge is 2.41. The number of nitrogens with two attached hydrogens (primary N) is 1. The van der Waals surface area contributed by atoms with Crippen molar-refractivity contribution in [1.82, 2.24) is 10.3 Å². The van der Waals surface area contributed by atoms with Crippen molar-refractivity contribution in [3.8, 4) is 0 Å². The van der Waals surface area contributed by atoms with Crippen molar-refractivity contribution in [1.29, 1.82) is 0 Å². The van der Waals surface area contributed by atoms with Gasteiger partial charge in [0.2, 0.25) is 11.7 Å². The van der Waals surface area contributed by atoms with E-state index in [9.17, 15) is 14.9 Å². The SMILES string of the molecule is CC1(C)C(=O)NCCN1c1nc(N)ccc1[N+](=O)[O-]. The van der Waals surface area contributed by atoms with E-state index >= 15 is 0 Å². The molecule has 1 aromatic rings. The van der Waals surface area contributed by atoms with Crippen molar-refractivity contribution >= 4 is 23.2 Å². The van der Waals surface area contributed by atoms with Crippen LogP contribution in [0.25, 0.3) is 0 Å². The van der Waals surface area contributed by atoms with Crippen LogP contribution < -0.4 is 16.0 Å². The first-order valence-electron chi connectivity index (χ1n) is 5.81. The lowest BCUT2D eigenvalue weighted by Gasteiger charge is -2.41. The van der Waals surface area contributed by atoms with Crippen molar-refractivity contribution < 1.29 is 9.72 Å². The summed E-state index contributed by atoms with van der Waals surface area (Å²) < 4.78 is 0. The van der Waals surface area contributed by atoms with Crippen LogP contribution in [0.3, 0.4) is 0 Å². The monoisotopic (exact) mass is 265 g/mol. The maximum atomic E-state index is 11.9. The third-order valence-corrected chi connectivity index (χ3v) is 3.18. The van der Waals surface area contributed by atoms with Crippen LogP contribution in [0.5, 0.6) is 0 Å². The Morgan fingerprint density at radius 2 is 2.21 bits per heavy atom. The lowest BCUT2D eigenvalue weighted by atomic mass is 9.98. The number of aromatic nitrogens is 1. The Labute approximate surface area is 109 Å². The molecule has 0 atom stereocenters. The summed E-state index contributed by atoms with van der Waals surface area (Å²) >= 11 is 0. The van der Waals surface area contributed by atoms with E-state index in [0.29, 0.717) is 13.1 Å². The lowest BCUT2D eigenvalue weighted by Crippen LogP contribution is -2.62. The number of hydrogen-bond acceptors (Lipinski definition) is 6. The van der Waals surface area contributed by atoms with Crippen LogP contribution in [0.1, 0.15) is 13.8 Å². The molecule has 2 heterocycles. The zero-order valence-electron chi connectivity index (χ0n) is 10.7. The number of nitrogens with one attached hydrogen (secondary N) is 1. The van der Waals surface area contributed by atoms with Gasteiger partial charge in [-0.2, -0.15) is 0 Å². The summed E-state index contributed by atoms with van der Waals surface area (Å²) in [6.07, 6.45) is 0. The molecule has 0 aliphatic carbocycles. The van der Waals surface area contributed by atoms with Gasteiger partial charge in [0.05, 0.1) is 4.92 Å². The summed E-state index contributed by atoms with van der Waals surface area (Å²) in [7, 11) is 0. The number of carbonyl (C=O) groups is 1. The zero-order chi connectivity index (χ0) is 14.2. The molecule has 0 bridgehead atoms. The average Bonchev–Trinajstić information content (AvgIpc) is 2.32. The quantitative estimate of drug-likeness (QED) is 0.586. The van der Waals surface area contributed by atoms with E-state index in [1.165, 1.54) is 12.1 Å². The van der Waals surface area contributed by atoms with Gasteiger partial charge < -0.3 is 16.0 Å². The van der Waals surface area contributed by atoms with Gasteiger partial charge in [-0.25, -0.2) is 4.98 Å². The minimum Gasteiger partial charge on any atom is -0.384 e. The molecule has 1 aromatic heterocycles. The number of nitrogens with zero attached hydrogens (tertiary/aromatic N) is 3. The van der Waals surface area contributed by atoms with Gasteiger partial charge in [-0.05, 0) is 19.9 Å². The molecule has 0 unspecified atom stereocenters. The Morgan fingerprint density at radius 3 is 2.84 bits per heavy atom. The molecule has 102 valence electrons. The summed E-state index contributed by atoms with van der Waals surface area (Å²) in [6, 6.07) is 2.68. The molecule has 8 nitrogen and oxygen atoms in total. The molecule has 0 spiro atoms. The van der Waals surface area contributed by atoms with E-state index in [-0.39, 0.29) is 23.2 Å². The zero-order valence-corrected chi connectivity index (χ0v) is 10.7. The van der Waals surface area contributed by atoms with Gasteiger partial charge in [-0.1, -0.05) is 0 Å².